The van der Waals surface area contributed by atoms with E-state index >= 15 is 0 Å². The van der Waals surface area contributed by atoms with Crippen molar-refractivity contribution in [2.75, 3.05) is 11.1 Å². The van der Waals surface area contributed by atoms with E-state index in [4.69, 9.17) is 10.2 Å². The standard InChI is InChI=1S/C13H10IN3O/c14-8-1-4-10(5-2-8)16-13-17-11-7-9(15)3-6-12(11)18-13/h1-7H,15H2,(H,16,17). The second kappa shape index (κ2) is 4.49. The second-order valence-corrected chi connectivity index (χ2v) is 5.12. The zero-order valence-electron chi connectivity index (χ0n) is 9.35. The van der Waals surface area contributed by atoms with Gasteiger partial charge in [-0.15, -0.1) is 0 Å². The first kappa shape index (κ1) is 11.3. The lowest BCUT2D eigenvalue weighted by atomic mass is 10.3. The van der Waals surface area contributed by atoms with Crippen LogP contribution in [0.5, 0.6) is 0 Å². The van der Waals surface area contributed by atoms with E-state index in [1.54, 1.807) is 12.1 Å². The molecule has 0 atom stereocenters. The number of anilines is 3. The fourth-order valence-electron chi connectivity index (χ4n) is 1.65. The third-order valence-corrected chi connectivity index (χ3v) is 3.23. The lowest BCUT2D eigenvalue weighted by molar-refractivity contribution is 0.623. The Labute approximate surface area is 117 Å². The number of nitrogens with one attached hydrogen (secondary N) is 1. The van der Waals surface area contributed by atoms with Gasteiger partial charge in [0.05, 0.1) is 0 Å². The number of benzene rings is 2. The maximum absolute atomic E-state index is 5.70. The quantitative estimate of drug-likeness (QED) is 0.545. The molecule has 2 aromatic carbocycles. The van der Waals surface area contributed by atoms with Gasteiger partial charge in [0.1, 0.15) is 5.52 Å². The molecule has 5 heteroatoms. The SMILES string of the molecule is Nc1ccc2oc(Nc3ccc(I)cc3)nc2c1. The number of fused-ring (bicyclic) bond motifs is 1. The number of oxazole rings is 1. The minimum atomic E-state index is 0.469. The summed E-state index contributed by atoms with van der Waals surface area (Å²) in [6.07, 6.45) is 0. The Bertz CT molecular complexity index is 691. The van der Waals surface area contributed by atoms with E-state index in [0.717, 1.165) is 16.8 Å². The van der Waals surface area contributed by atoms with Gasteiger partial charge in [-0.3, -0.25) is 0 Å². The van der Waals surface area contributed by atoms with Crippen LogP contribution in [0, 0.1) is 3.57 Å². The van der Waals surface area contributed by atoms with Gasteiger partial charge < -0.3 is 15.5 Å². The van der Waals surface area contributed by atoms with Crippen LogP contribution in [0.2, 0.25) is 0 Å². The predicted octanol–water partition coefficient (Wildman–Crippen LogP) is 3.76. The minimum Gasteiger partial charge on any atom is -0.423 e. The van der Waals surface area contributed by atoms with E-state index in [0.29, 0.717) is 11.7 Å². The smallest absolute Gasteiger partial charge is 0.300 e. The van der Waals surface area contributed by atoms with Crippen molar-refractivity contribution in [3.05, 3.63) is 46.0 Å². The molecular formula is C13H10IN3O. The maximum Gasteiger partial charge on any atom is 0.300 e. The topological polar surface area (TPSA) is 64.1 Å². The molecule has 18 heavy (non-hydrogen) atoms. The van der Waals surface area contributed by atoms with Crippen molar-refractivity contribution in [1.29, 1.82) is 0 Å². The molecule has 1 aromatic heterocycles. The third kappa shape index (κ3) is 2.26. The maximum atomic E-state index is 5.70. The van der Waals surface area contributed by atoms with Crippen molar-refractivity contribution in [1.82, 2.24) is 4.98 Å². The zero-order chi connectivity index (χ0) is 12.5. The summed E-state index contributed by atoms with van der Waals surface area (Å²) in [6.45, 7) is 0. The third-order valence-electron chi connectivity index (χ3n) is 2.51. The number of nitrogens with zero attached hydrogens (tertiary/aromatic N) is 1. The van der Waals surface area contributed by atoms with E-state index in [2.05, 4.69) is 32.9 Å². The highest BCUT2D eigenvalue weighted by molar-refractivity contribution is 14.1. The molecule has 0 spiro atoms. The molecule has 3 aromatic rings. The van der Waals surface area contributed by atoms with Crippen LogP contribution in [-0.2, 0) is 0 Å². The fourth-order valence-corrected chi connectivity index (χ4v) is 2.01. The van der Waals surface area contributed by atoms with Crippen LogP contribution in [0.3, 0.4) is 0 Å². The largest absolute Gasteiger partial charge is 0.423 e. The summed E-state index contributed by atoms with van der Waals surface area (Å²) >= 11 is 2.26. The van der Waals surface area contributed by atoms with Crippen LogP contribution in [0.4, 0.5) is 17.4 Å². The normalized spacial score (nSPS) is 10.7. The number of halogens is 1. The van der Waals surface area contributed by atoms with Crippen molar-refractivity contribution in [2.45, 2.75) is 0 Å². The Balaban J connectivity index is 1.92. The highest BCUT2D eigenvalue weighted by atomic mass is 127. The van der Waals surface area contributed by atoms with Crippen molar-refractivity contribution in [3.63, 3.8) is 0 Å². The molecule has 0 aliphatic rings. The summed E-state index contributed by atoms with van der Waals surface area (Å²) in [5.41, 5.74) is 8.79. The van der Waals surface area contributed by atoms with Gasteiger partial charge in [-0.1, -0.05) is 0 Å². The first-order valence-corrected chi connectivity index (χ1v) is 6.47. The summed E-state index contributed by atoms with van der Waals surface area (Å²) in [4.78, 5) is 4.33. The monoisotopic (exact) mass is 351 g/mol. The Kier molecular flexibility index (Phi) is 2.83. The van der Waals surface area contributed by atoms with E-state index < -0.39 is 0 Å². The van der Waals surface area contributed by atoms with Crippen LogP contribution in [0.15, 0.2) is 46.9 Å². The number of aromatic nitrogens is 1. The molecule has 0 bridgehead atoms. The summed E-state index contributed by atoms with van der Waals surface area (Å²) < 4.78 is 6.76. The van der Waals surface area contributed by atoms with Crippen molar-refractivity contribution < 1.29 is 4.42 Å². The van der Waals surface area contributed by atoms with E-state index in [1.807, 2.05) is 30.3 Å². The molecule has 0 radical (unpaired) electrons. The van der Waals surface area contributed by atoms with Crippen molar-refractivity contribution in [3.8, 4) is 0 Å². The van der Waals surface area contributed by atoms with E-state index in [1.165, 1.54) is 3.57 Å². The van der Waals surface area contributed by atoms with Crippen LogP contribution in [0.25, 0.3) is 11.1 Å². The molecule has 0 saturated carbocycles. The average molecular weight is 351 g/mol. The molecule has 0 fully saturated rings. The Hall–Kier alpha value is -1.76. The molecule has 90 valence electrons. The molecule has 1 heterocycles. The summed E-state index contributed by atoms with van der Waals surface area (Å²) in [6, 6.07) is 13.9. The summed E-state index contributed by atoms with van der Waals surface area (Å²) in [5.74, 6) is 0. The molecule has 4 nitrogen and oxygen atoms in total. The first-order chi connectivity index (χ1) is 8.70. The molecule has 3 N–H and O–H groups in total. The summed E-state index contributed by atoms with van der Waals surface area (Å²) in [5, 5.41) is 3.12. The van der Waals surface area contributed by atoms with E-state index in [9.17, 15) is 0 Å². The van der Waals surface area contributed by atoms with Gasteiger partial charge in [0.2, 0.25) is 0 Å². The molecule has 3 rings (SSSR count). The van der Waals surface area contributed by atoms with E-state index in [-0.39, 0.29) is 0 Å². The van der Waals surface area contributed by atoms with Gasteiger partial charge in [0.15, 0.2) is 5.58 Å². The molecule has 0 aliphatic heterocycles. The van der Waals surface area contributed by atoms with Gasteiger partial charge >= 0.3 is 0 Å². The fraction of sp³-hybridized carbons (Fsp3) is 0. The van der Waals surface area contributed by atoms with Gasteiger partial charge in [-0.05, 0) is 65.1 Å². The highest BCUT2D eigenvalue weighted by Crippen LogP contribution is 2.23. The van der Waals surface area contributed by atoms with Crippen LogP contribution in [-0.4, -0.2) is 4.98 Å². The number of hydrogen-bond acceptors (Lipinski definition) is 4. The van der Waals surface area contributed by atoms with Crippen molar-refractivity contribution >= 4 is 51.1 Å². The van der Waals surface area contributed by atoms with Gasteiger partial charge in [0, 0.05) is 14.9 Å². The number of rotatable bonds is 2. The van der Waals surface area contributed by atoms with Crippen molar-refractivity contribution in [2.24, 2.45) is 0 Å². The van der Waals surface area contributed by atoms with Crippen LogP contribution in [0.1, 0.15) is 0 Å². The Morgan fingerprint density at radius 1 is 1.11 bits per heavy atom. The van der Waals surface area contributed by atoms with Gasteiger partial charge in [-0.2, -0.15) is 4.98 Å². The minimum absolute atomic E-state index is 0.469. The number of hydrogen-bond donors (Lipinski definition) is 2. The first-order valence-electron chi connectivity index (χ1n) is 5.39. The van der Waals surface area contributed by atoms with Crippen LogP contribution >= 0.6 is 22.6 Å². The lowest BCUT2D eigenvalue weighted by Gasteiger charge is -2.00. The average Bonchev–Trinajstić information content (AvgIpc) is 2.73. The van der Waals surface area contributed by atoms with Crippen LogP contribution < -0.4 is 11.1 Å². The molecule has 0 aliphatic carbocycles. The zero-order valence-corrected chi connectivity index (χ0v) is 11.5. The second-order valence-electron chi connectivity index (χ2n) is 3.88. The molecular weight excluding hydrogens is 341 g/mol. The molecule has 0 amide bonds. The van der Waals surface area contributed by atoms with Gasteiger partial charge in [-0.25, -0.2) is 0 Å². The Morgan fingerprint density at radius 3 is 2.67 bits per heavy atom. The Morgan fingerprint density at radius 2 is 1.89 bits per heavy atom. The van der Waals surface area contributed by atoms with Gasteiger partial charge in [0.25, 0.3) is 6.01 Å². The lowest BCUT2D eigenvalue weighted by Crippen LogP contribution is -1.89. The summed E-state index contributed by atoms with van der Waals surface area (Å²) in [7, 11) is 0. The predicted molar refractivity (Wildman–Crippen MR) is 80.9 cm³/mol. The highest BCUT2D eigenvalue weighted by Gasteiger charge is 2.05. The number of nitrogen functional groups attached to an aromatic ring is 1. The number of nitrogens with two attached hydrogens (primary N) is 1. The molecule has 0 unspecified atom stereocenters. The molecule has 0 saturated heterocycles.